The minimum absolute atomic E-state index is 0.221. The van der Waals surface area contributed by atoms with Crippen LogP contribution in [0.2, 0.25) is 0 Å². The molecule has 6 nitrogen and oxygen atoms in total. The number of hydrogen-bond acceptors (Lipinski definition) is 6. The molecule has 114 valence electrons. The number of ether oxygens (including phenoxy) is 3. The van der Waals surface area contributed by atoms with Crippen molar-refractivity contribution < 1.29 is 19.0 Å². The van der Waals surface area contributed by atoms with Gasteiger partial charge in [-0.1, -0.05) is 0 Å². The number of carbonyl (C=O) groups excluding carboxylic acids is 1. The number of anilines is 2. The number of benzene rings is 1. The zero-order chi connectivity index (χ0) is 15.5. The summed E-state index contributed by atoms with van der Waals surface area (Å²) in [5, 5.41) is 8.16. The van der Waals surface area contributed by atoms with Crippen LogP contribution in [0.4, 0.5) is 11.4 Å². The average molecular weight is 336 g/mol. The fraction of sp³-hybridized carbons (Fsp3) is 0.143. The maximum atomic E-state index is 11.6. The van der Waals surface area contributed by atoms with Gasteiger partial charge in [0.05, 0.1) is 12.8 Å². The first-order valence-corrected chi connectivity index (χ1v) is 7.59. The number of esters is 1. The van der Waals surface area contributed by atoms with E-state index in [1.807, 2.05) is 6.07 Å². The molecule has 1 aliphatic heterocycles. The molecule has 0 atom stereocenters. The van der Waals surface area contributed by atoms with E-state index in [0.717, 1.165) is 5.69 Å². The van der Waals surface area contributed by atoms with E-state index in [1.54, 1.807) is 23.6 Å². The lowest BCUT2D eigenvalue weighted by molar-refractivity contribution is 0.0607. The number of nitrogens with one attached hydrogen (secondary N) is 2. The van der Waals surface area contributed by atoms with Gasteiger partial charge >= 0.3 is 5.97 Å². The third-order valence-electron chi connectivity index (χ3n) is 2.91. The summed E-state index contributed by atoms with van der Waals surface area (Å²) in [6, 6.07) is 7.20. The summed E-state index contributed by atoms with van der Waals surface area (Å²) in [6.45, 7) is 0.221. The van der Waals surface area contributed by atoms with Crippen LogP contribution in [0.25, 0.3) is 0 Å². The first-order chi connectivity index (χ1) is 10.7. The van der Waals surface area contributed by atoms with Crippen LogP contribution in [0.1, 0.15) is 9.67 Å². The molecule has 0 amide bonds. The Kier molecular flexibility index (Phi) is 4.12. The summed E-state index contributed by atoms with van der Waals surface area (Å²) in [4.78, 5) is 12.1. The molecule has 2 N–H and O–H groups in total. The number of rotatable bonds is 3. The lowest BCUT2D eigenvalue weighted by Crippen LogP contribution is -2.20. The highest BCUT2D eigenvalue weighted by molar-refractivity contribution is 7.80. The van der Waals surface area contributed by atoms with Gasteiger partial charge in [0.25, 0.3) is 0 Å². The maximum absolute atomic E-state index is 11.6. The molecule has 0 fully saturated rings. The highest BCUT2D eigenvalue weighted by Crippen LogP contribution is 2.34. The van der Waals surface area contributed by atoms with Gasteiger partial charge < -0.3 is 24.8 Å². The molecule has 0 saturated carbocycles. The summed E-state index contributed by atoms with van der Waals surface area (Å²) in [6.07, 6.45) is 0. The van der Waals surface area contributed by atoms with E-state index >= 15 is 0 Å². The smallest absolute Gasteiger partial charge is 0.350 e. The first-order valence-electron chi connectivity index (χ1n) is 6.31. The van der Waals surface area contributed by atoms with Gasteiger partial charge in [-0.15, -0.1) is 11.3 Å². The van der Waals surface area contributed by atoms with Crippen LogP contribution in [0.3, 0.4) is 0 Å². The van der Waals surface area contributed by atoms with Crippen LogP contribution in [-0.2, 0) is 4.74 Å². The Morgan fingerprint density at radius 1 is 1.27 bits per heavy atom. The molecule has 1 aliphatic rings. The van der Waals surface area contributed by atoms with Crippen LogP contribution < -0.4 is 20.1 Å². The van der Waals surface area contributed by atoms with Crippen molar-refractivity contribution in [3.05, 3.63) is 34.5 Å². The molecule has 8 heteroatoms. The fourth-order valence-electron chi connectivity index (χ4n) is 1.92. The van der Waals surface area contributed by atoms with Gasteiger partial charge in [0.2, 0.25) is 6.79 Å². The molecule has 0 spiro atoms. The predicted molar refractivity (Wildman–Crippen MR) is 88.1 cm³/mol. The van der Waals surface area contributed by atoms with Crippen LogP contribution in [0, 0.1) is 0 Å². The van der Waals surface area contributed by atoms with Crippen molar-refractivity contribution in [1.82, 2.24) is 0 Å². The summed E-state index contributed by atoms with van der Waals surface area (Å²) >= 11 is 6.54. The SMILES string of the molecule is COC(=O)c1sccc1NC(=S)Nc1ccc2c(c1)OCO2. The van der Waals surface area contributed by atoms with Crippen molar-refractivity contribution in [2.45, 2.75) is 0 Å². The molecule has 2 aromatic rings. The van der Waals surface area contributed by atoms with Crippen molar-refractivity contribution in [2.75, 3.05) is 24.5 Å². The first kappa shape index (κ1) is 14.6. The van der Waals surface area contributed by atoms with E-state index < -0.39 is 5.97 Å². The van der Waals surface area contributed by atoms with Crippen molar-refractivity contribution >= 4 is 46.0 Å². The number of carbonyl (C=O) groups is 1. The third-order valence-corrected chi connectivity index (χ3v) is 4.01. The quantitative estimate of drug-likeness (QED) is 0.659. The molecule has 1 aromatic heterocycles. The van der Waals surface area contributed by atoms with E-state index in [9.17, 15) is 4.79 Å². The second-order valence-electron chi connectivity index (χ2n) is 4.30. The minimum atomic E-state index is -0.400. The topological polar surface area (TPSA) is 68.8 Å². The largest absolute Gasteiger partial charge is 0.465 e. The van der Waals surface area contributed by atoms with Crippen LogP contribution in [0.5, 0.6) is 11.5 Å². The highest BCUT2D eigenvalue weighted by atomic mass is 32.1. The van der Waals surface area contributed by atoms with Crippen LogP contribution in [0.15, 0.2) is 29.6 Å². The Labute approximate surface area is 136 Å². The molecule has 2 heterocycles. The number of fused-ring (bicyclic) bond motifs is 1. The molecule has 0 saturated heterocycles. The second-order valence-corrected chi connectivity index (χ2v) is 5.63. The summed E-state index contributed by atoms with van der Waals surface area (Å²) < 4.78 is 15.3. The van der Waals surface area contributed by atoms with E-state index in [1.165, 1.54) is 18.4 Å². The molecule has 22 heavy (non-hydrogen) atoms. The summed E-state index contributed by atoms with van der Waals surface area (Å²) in [5.41, 5.74) is 1.37. The molecule has 0 aliphatic carbocycles. The van der Waals surface area contributed by atoms with Gasteiger partial charge in [-0.2, -0.15) is 0 Å². The van der Waals surface area contributed by atoms with Gasteiger partial charge in [0.1, 0.15) is 4.88 Å². The second kappa shape index (κ2) is 6.20. The number of thiophene rings is 1. The standard InChI is InChI=1S/C14H12N2O4S2/c1-18-13(17)12-9(4-5-22-12)16-14(21)15-8-2-3-10-11(6-8)20-7-19-10/h2-6H,7H2,1H3,(H2,15,16,21). The average Bonchev–Trinajstić information content (AvgIpc) is 3.14. The Hall–Kier alpha value is -2.32. The Bertz CT molecular complexity index is 729. The van der Waals surface area contributed by atoms with Gasteiger partial charge in [-0.3, -0.25) is 0 Å². The highest BCUT2D eigenvalue weighted by Gasteiger charge is 2.16. The zero-order valence-electron chi connectivity index (χ0n) is 11.5. The monoisotopic (exact) mass is 336 g/mol. The molecule has 1 aromatic carbocycles. The number of thiocarbonyl (C=S) groups is 1. The maximum Gasteiger partial charge on any atom is 0.350 e. The van der Waals surface area contributed by atoms with Crippen molar-refractivity contribution in [1.29, 1.82) is 0 Å². The van der Waals surface area contributed by atoms with E-state index in [0.29, 0.717) is 27.2 Å². The Morgan fingerprint density at radius 2 is 2.09 bits per heavy atom. The zero-order valence-corrected chi connectivity index (χ0v) is 13.2. The molecular weight excluding hydrogens is 324 g/mol. The van der Waals surface area contributed by atoms with Crippen LogP contribution >= 0.6 is 23.6 Å². The summed E-state index contributed by atoms with van der Waals surface area (Å²) in [5.74, 6) is 0.970. The fourth-order valence-corrected chi connectivity index (χ4v) is 2.91. The van der Waals surface area contributed by atoms with E-state index in [4.69, 9.17) is 26.4 Å². The van der Waals surface area contributed by atoms with Gasteiger partial charge in [0, 0.05) is 11.8 Å². The minimum Gasteiger partial charge on any atom is -0.465 e. The Balaban J connectivity index is 1.68. The van der Waals surface area contributed by atoms with Gasteiger partial charge in [-0.25, -0.2) is 4.79 Å². The van der Waals surface area contributed by atoms with Crippen molar-refractivity contribution in [3.8, 4) is 11.5 Å². The third kappa shape index (κ3) is 2.97. The number of hydrogen-bond donors (Lipinski definition) is 2. The lowest BCUT2D eigenvalue weighted by atomic mass is 10.3. The Morgan fingerprint density at radius 3 is 2.91 bits per heavy atom. The summed E-state index contributed by atoms with van der Waals surface area (Å²) in [7, 11) is 1.34. The molecule has 0 radical (unpaired) electrons. The molecule has 3 rings (SSSR count). The number of methoxy groups -OCH3 is 1. The normalized spacial score (nSPS) is 11.9. The van der Waals surface area contributed by atoms with E-state index in [2.05, 4.69) is 10.6 Å². The van der Waals surface area contributed by atoms with E-state index in [-0.39, 0.29) is 6.79 Å². The van der Waals surface area contributed by atoms with Crippen LogP contribution in [-0.4, -0.2) is 25.0 Å². The lowest BCUT2D eigenvalue weighted by Gasteiger charge is -2.11. The molecule has 0 bridgehead atoms. The predicted octanol–water partition coefficient (Wildman–Crippen LogP) is 3.07. The molecule has 0 unspecified atom stereocenters. The van der Waals surface area contributed by atoms with Crippen molar-refractivity contribution in [2.24, 2.45) is 0 Å². The van der Waals surface area contributed by atoms with Crippen molar-refractivity contribution in [3.63, 3.8) is 0 Å². The van der Waals surface area contributed by atoms with Gasteiger partial charge in [-0.05, 0) is 35.8 Å². The van der Waals surface area contributed by atoms with Gasteiger partial charge in [0.15, 0.2) is 16.6 Å². The molecular formula is C14H12N2O4S2.